The highest BCUT2D eigenvalue weighted by Gasteiger charge is 2.35. The molecule has 0 aromatic carbocycles. The number of hydrogen-bond acceptors (Lipinski definition) is 2. The van der Waals surface area contributed by atoms with E-state index in [2.05, 4.69) is 6.92 Å². The molecule has 0 radical (unpaired) electrons. The number of ketones is 1. The van der Waals surface area contributed by atoms with Gasteiger partial charge in [0.2, 0.25) is 0 Å². The molecule has 0 aromatic heterocycles. The molecule has 0 aromatic rings. The van der Waals surface area contributed by atoms with Crippen LogP contribution in [0.3, 0.4) is 0 Å². The summed E-state index contributed by atoms with van der Waals surface area (Å²) in [6.45, 7) is 6.13. The van der Waals surface area contributed by atoms with Gasteiger partial charge in [-0.15, -0.1) is 0 Å². The second-order valence-electron chi connectivity index (χ2n) is 4.48. The van der Waals surface area contributed by atoms with Gasteiger partial charge in [-0.1, -0.05) is 20.8 Å². The van der Waals surface area contributed by atoms with Crippen LogP contribution < -0.4 is 0 Å². The fourth-order valence-corrected chi connectivity index (χ4v) is 2.24. The average Bonchev–Trinajstić information content (AvgIpc) is 2.45. The second kappa shape index (κ2) is 4.23. The van der Waals surface area contributed by atoms with E-state index < -0.39 is 0 Å². The first-order chi connectivity index (χ1) is 6.06. The van der Waals surface area contributed by atoms with Gasteiger partial charge < -0.3 is 4.74 Å². The summed E-state index contributed by atoms with van der Waals surface area (Å²) in [5.41, 5.74) is 0. The molecule has 0 aliphatic heterocycles. The van der Waals surface area contributed by atoms with E-state index in [0.29, 0.717) is 17.8 Å². The Labute approximate surface area is 80.7 Å². The lowest BCUT2D eigenvalue weighted by Gasteiger charge is -2.12. The molecule has 2 heteroatoms. The number of Topliss-reactive ketones (excluding diaryl/α,β-unsaturated/α-hetero) is 1. The first-order valence-electron chi connectivity index (χ1n) is 5.12. The number of hydrogen-bond donors (Lipinski definition) is 0. The van der Waals surface area contributed by atoms with Crippen molar-refractivity contribution in [2.45, 2.75) is 39.7 Å². The van der Waals surface area contributed by atoms with Crippen molar-refractivity contribution in [1.29, 1.82) is 0 Å². The zero-order chi connectivity index (χ0) is 10.0. The lowest BCUT2D eigenvalue weighted by molar-refractivity contribution is -0.125. The molecule has 0 heterocycles. The lowest BCUT2D eigenvalue weighted by Crippen LogP contribution is -2.18. The maximum absolute atomic E-state index is 11.7. The summed E-state index contributed by atoms with van der Waals surface area (Å²) in [5, 5.41) is 0. The highest BCUT2D eigenvalue weighted by molar-refractivity contribution is 5.83. The summed E-state index contributed by atoms with van der Waals surface area (Å²) in [5.74, 6) is 1.37. The van der Waals surface area contributed by atoms with Crippen LogP contribution >= 0.6 is 0 Å². The molecule has 1 rings (SSSR count). The van der Waals surface area contributed by atoms with Crippen LogP contribution in [0.15, 0.2) is 0 Å². The van der Waals surface area contributed by atoms with Gasteiger partial charge in [0, 0.05) is 18.9 Å². The first kappa shape index (κ1) is 10.7. The quantitative estimate of drug-likeness (QED) is 0.672. The number of carbonyl (C=O) groups excluding carboxylic acids is 1. The third kappa shape index (κ3) is 2.31. The van der Waals surface area contributed by atoms with E-state index in [0.717, 1.165) is 12.8 Å². The zero-order valence-corrected chi connectivity index (χ0v) is 9.04. The molecule has 1 saturated carbocycles. The van der Waals surface area contributed by atoms with E-state index in [1.54, 1.807) is 7.11 Å². The van der Waals surface area contributed by atoms with Crippen LogP contribution in [-0.2, 0) is 9.53 Å². The number of ether oxygens (including phenoxy) is 1. The summed E-state index contributed by atoms with van der Waals surface area (Å²) in [7, 11) is 1.74. The van der Waals surface area contributed by atoms with Gasteiger partial charge in [-0.2, -0.15) is 0 Å². The van der Waals surface area contributed by atoms with Crippen LogP contribution in [-0.4, -0.2) is 19.0 Å². The molecule has 1 aliphatic carbocycles. The standard InChI is InChI=1S/C11H20O2/c1-7(2)11(12)9-5-8(3)10(6-9)13-4/h7-10H,5-6H2,1-4H3/t8-,9-,10-/m0/s1. The fourth-order valence-electron chi connectivity index (χ4n) is 2.24. The third-order valence-corrected chi connectivity index (χ3v) is 3.08. The van der Waals surface area contributed by atoms with Gasteiger partial charge in [0.15, 0.2) is 0 Å². The van der Waals surface area contributed by atoms with Crippen molar-refractivity contribution in [2.75, 3.05) is 7.11 Å². The number of carbonyl (C=O) groups is 1. The average molecular weight is 184 g/mol. The SMILES string of the molecule is CO[C@H]1C[C@@H](C(=O)C(C)C)C[C@@H]1C. The van der Waals surface area contributed by atoms with Gasteiger partial charge >= 0.3 is 0 Å². The summed E-state index contributed by atoms with van der Waals surface area (Å²) in [6, 6.07) is 0. The van der Waals surface area contributed by atoms with E-state index in [4.69, 9.17) is 4.74 Å². The van der Waals surface area contributed by atoms with E-state index in [-0.39, 0.29) is 11.8 Å². The molecule has 2 nitrogen and oxygen atoms in total. The van der Waals surface area contributed by atoms with E-state index in [9.17, 15) is 4.79 Å². The fraction of sp³-hybridized carbons (Fsp3) is 0.909. The topological polar surface area (TPSA) is 26.3 Å². The Morgan fingerprint density at radius 1 is 1.38 bits per heavy atom. The molecule has 0 spiro atoms. The minimum Gasteiger partial charge on any atom is -0.381 e. The molecule has 13 heavy (non-hydrogen) atoms. The van der Waals surface area contributed by atoms with Crippen molar-refractivity contribution in [1.82, 2.24) is 0 Å². The lowest BCUT2D eigenvalue weighted by atomic mass is 9.93. The molecule has 76 valence electrons. The predicted molar refractivity (Wildman–Crippen MR) is 52.5 cm³/mol. The van der Waals surface area contributed by atoms with Gasteiger partial charge in [-0.05, 0) is 18.8 Å². The summed E-state index contributed by atoms with van der Waals surface area (Å²) in [6.07, 6.45) is 2.23. The number of rotatable bonds is 3. The largest absolute Gasteiger partial charge is 0.381 e. The molecule has 1 aliphatic rings. The summed E-state index contributed by atoms with van der Waals surface area (Å²) >= 11 is 0. The monoisotopic (exact) mass is 184 g/mol. The van der Waals surface area contributed by atoms with Crippen molar-refractivity contribution < 1.29 is 9.53 Å². The van der Waals surface area contributed by atoms with Crippen molar-refractivity contribution in [3.05, 3.63) is 0 Å². The maximum atomic E-state index is 11.7. The summed E-state index contributed by atoms with van der Waals surface area (Å²) in [4.78, 5) is 11.7. The van der Waals surface area contributed by atoms with E-state index >= 15 is 0 Å². The Balaban J connectivity index is 2.53. The molecular weight excluding hydrogens is 164 g/mol. The highest BCUT2D eigenvalue weighted by Crippen LogP contribution is 2.34. The molecule has 0 unspecified atom stereocenters. The molecule has 0 amide bonds. The Morgan fingerprint density at radius 2 is 2.00 bits per heavy atom. The van der Waals surface area contributed by atoms with Crippen LogP contribution in [0.1, 0.15) is 33.6 Å². The van der Waals surface area contributed by atoms with Gasteiger partial charge in [0.1, 0.15) is 5.78 Å². The normalized spacial score (nSPS) is 34.1. The Bertz CT molecular complexity index is 187. The molecule has 0 saturated heterocycles. The maximum Gasteiger partial charge on any atom is 0.138 e. The Kier molecular flexibility index (Phi) is 3.48. The van der Waals surface area contributed by atoms with Gasteiger partial charge in [-0.3, -0.25) is 4.79 Å². The second-order valence-corrected chi connectivity index (χ2v) is 4.48. The predicted octanol–water partition coefficient (Wildman–Crippen LogP) is 2.27. The molecule has 1 fully saturated rings. The minimum atomic E-state index is 0.174. The van der Waals surface area contributed by atoms with E-state index in [1.165, 1.54) is 0 Å². The number of methoxy groups -OCH3 is 1. The molecular formula is C11H20O2. The smallest absolute Gasteiger partial charge is 0.138 e. The Morgan fingerprint density at radius 3 is 2.38 bits per heavy atom. The van der Waals surface area contributed by atoms with Crippen LogP contribution in [0.4, 0.5) is 0 Å². The molecule has 3 atom stereocenters. The van der Waals surface area contributed by atoms with Gasteiger partial charge in [-0.25, -0.2) is 0 Å². The van der Waals surface area contributed by atoms with Crippen molar-refractivity contribution in [2.24, 2.45) is 17.8 Å². The van der Waals surface area contributed by atoms with Gasteiger partial charge in [0.05, 0.1) is 6.10 Å². The van der Waals surface area contributed by atoms with Crippen molar-refractivity contribution >= 4 is 5.78 Å². The molecule has 0 bridgehead atoms. The first-order valence-corrected chi connectivity index (χ1v) is 5.12. The summed E-state index contributed by atoms with van der Waals surface area (Å²) < 4.78 is 5.33. The minimum absolute atomic E-state index is 0.174. The highest BCUT2D eigenvalue weighted by atomic mass is 16.5. The van der Waals surface area contributed by atoms with Gasteiger partial charge in [0.25, 0.3) is 0 Å². The van der Waals surface area contributed by atoms with Crippen molar-refractivity contribution in [3.8, 4) is 0 Å². The van der Waals surface area contributed by atoms with E-state index in [1.807, 2.05) is 13.8 Å². The van der Waals surface area contributed by atoms with Crippen LogP contribution in [0.5, 0.6) is 0 Å². The molecule has 0 N–H and O–H groups in total. The van der Waals surface area contributed by atoms with Crippen molar-refractivity contribution in [3.63, 3.8) is 0 Å². The third-order valence-electron chi connectivity index (χ3n) is 3.08. The van der Waals surface area contributed by atoms with Crippen LogP contribution in [0, 0.1) is 17.8 Å². The Hall–Kier alpha value is -0.370. The van der Waals surface area contributed by atoms with Crippen LogP contribution in [0.2, 0.25) is 0 Å². The van der Waals surface area contributed by atoms with Crippen LogP contribution in [0.25, 0.3) is 0 Å². The zero-order valence-electron chi connectivity index (χ0n) is 9.04.